The number of rotatable bonds is 6. The van der Waals surface area contributed by atoms with E-state index in [2.05, 4.69) is 5.32 Å². The number of aliphatic hydroxyl groups is 1. The molecule has 1 aromatic rings. The first-order valence-corrected chi connectivity index (χ1v) is 7.49. The number of aliphatic hydroxyl groups excluding tert-OH is 1. The van der Waals surface area contributed by atoms with E-state index in [0.29, 0.717) is 0 Å². The molecule has 0 aliphatic rings. The first-order valence-electron chi connectivity index (χ1n) is 6.20. The summed E-state index contributed by atoms with van der Waals surface area (Å²) in [6.07, 6.45) is 1.78. The number of hydrogen-bond donors (Lipinski definition) is 2. The molecule has 1 amide bonds. The molecule has 2 atom stereocenters. The summed E-state index contributed by atoms with van der Waals surface area (Å²) in [6, 6.07) is 1.59. The smallest absolute Gasteiger partial charge is 0.270 e. The highest BCUT2D eigenvalue weighted by Crippen LogP contribution is 2.21. The Hall–Kier alpha value is -1.67. The molecular formula is C13H17FN2O4S. The van der Waals surface area contributed by atoms with E-state index in [1.165, 1.54) is 18.7 Å². The summed E-state index contributed by atoms with van der Waals surface area (Å²) in [7, 11) is 0. The maximum Gasteiger partial charge on any atom is 0.270 e. The average molecular weight is 316 g/mol. The topological polar surface area (TPSA) is 92.5 Å². The van der Waals surface area contributed by atoms with Crippen LogP contribution in [0.25, 0.3) is 0 Å². The number of amides is 1. The molecule has 116 valence electrons. The third-order valence-electron chi connectivity index (χ3n) is 3.09. The Kier molecular flexibility index (Phi) is 6.10. The van der Waals surface area contributed by atoms with Gasteiger partial charge >= 0.3 is 0 Å². The van der Waals surface area contributed by atoms with Gasteiger partial charge in [0.15, 0.2) is 0 Å². The number of nitro benzene ring substituents is 1. The predicted octanol–water partition coefficient (Wildman–Crippen LogP) is 1.88. The van der Waals surface area contributed by atoms with E-state index in [-0.39, 0.29) is 28.7 Å². The number of non-ortho nitro benzene ring substituents is 1. The van der Waals surface area contributed by atoms with Crippen LogP contribution in [0.3, 0.4) is 0 Å². The normalized spacial score (nSPS) is 13.6. The second-order valence-corrected chi connectivity index (χ2v) is 5.68. The number of nitro groups is 1. The summed E-state index contributed by atoms with van der Waals surface area (Å²) in [6.45, 7) is 2.90. The van der Waals surface area contributed by atoms with Gasteiger partial charge in [0, 0.05) is 23.4 Å². The van der Waals surface area contributed by atoms with E-state index in [0.717, 1.165) is 12.1 Å². The molecule has 0 aliphatic carbocycles. The first-order chi connectivity index (χ1) is 9.81. The average Bonchev–Trinajstić information content (AvgIpc) is 2.42. The number of halogens is 1. The molecule has 0 fully saturated rings. The zero-order chi connectivity index (χ0) is 16.2. The van der Waals surface area contributed by atoms with Gasteiger partial charge in [0.25, 0.3) is 11.6 Å². The molecule has 0 spiro atoms. The van der Waals surface area contributed by atoms with Crippen molar-refractivity contribution in [2.45, 2.75) is 25.1 Å². The molecule has 0 heterocycles. The van der Waals surface area contributed by atoms with Gasteiger partial charge in [0.05, 0.1) is 17.1 Å². The Morgan fingerprint density at radius 1 is 1.57 bits per heavy atom. The molecule has 0 radical (unpaired) electrons. The molecule has 1 aromatic carbocycles. The standard InChI is InChI=1S/C13H17FN2O4S/c1-7-4-9(16(19)20)5-10(12(7)14)13(18)15-8(2)11(6-17)21-3/h4-5,8,11,17H,6H2,1-3H3,(H,15,18). The Balaban J connectivity index is 3.04. The largest absolute Gasteiger partial charge is 0.395 e. The van der Waals surface area contributed by atoms with Gasteiger partial charge < -0.3 is 10.4 Å². The number of nitrogens with zero attached hydrogens (tertiary/aromatic N) is 1. The van der Waals surface area contributed by atoms with Crippen molar-refractivity contribution in [3.8, 4) is 0 Å². The lowest BCUT2D eigenvalue weighted by atomic mass is 10.1. The van der Waals surface area contributed by atoms with Gasteiger partial charge in [-0.15, -0.1) is 0 Å². The third-order valence-corrected chi connectivity index (χ3v) is 4.26. The van der Waals surface area contributed by atoms with E-state index in [4.69, 9.17) is 5.11 Å². The lowest BCUT2D eigenvalue weighted by Gasteiger charge is -2.21. The number of carbonyl (C=O) groups is 1. The quantitative estimate of drug-likeness (QED) is 0.617. The van der Waals surface area contributed by atoms with Crippen molar-refractivity contribution in [3.63, 3.8) is 0 Å². The summed E-state index contributed by atoms with van der Waals surface area (Å²) >= 11 is 1.36. The fraction of sp³-hybridized carbons (Fsp3) is 0.462. The number of thioether (sulfide) groups is 1. The second kappa shape index (κ2) is 7.37. The minimum Gasteiger partial charge on any atom is -0.395 e. The number of carbonyl (C=O) groups excluding carboxylic acids is 1. The van der Waals surface area contributed by atoms with E-state index in [9.17, 15) is 19.3 Å². The van der Waals surface area contributed by atoms with Gasteiger partial charge in [-0.25, -0.2) is 4.39 Å². The van der Waals surface area contributed by atoms with Crippen molar-refractivity contribution in [1.29, 1.82) is 0 Å². The molecular weight excluding hydrogens is 299 g/mol. The van der Waals surface area contributed by atoms with Crippen LogP contribution in [0.2, 0.25) is 0 Å². The van der Waals surface area contributed by atoms with E-state index >= 15 is 0 Å². The monoisotopic (exact) mass is 316 g/mol. The maximum atomic E-state index is 14.0. The number of aryl methyl sites for hydroxylation is 1. The summed E-state index contributed by atoms with van der Waals surface area (Å²) in [4.78, 5) is 22.2. The molecule has 2 N–H and O–H groups in total. The van der Waals surface area contributed by atoms with Crippen molar-refractivity contribution in [2.24, 2.45) is 0 Å². The van der Waals surface area contributed by atoms with Gasteiger partial charge in [0.1, 0.15) is 5.82 Å². The van der Waals surface area contributed by atoms with Crippen LogP contribution in [0.5, 0.6) is 0 Å². The van der Waals surface area contributed by atoms with Crippen molar-refractivity contribution >= 4 is 23.4 Å². The highest BCUT2D eigenvalue weighted by molar-refractivity contribution is 7.99. The van der Waals surface area contributed by atoms with Crippen LogP contribution in [0.1, 0.15) is 22.8 Å². The van der Waals surface area contributed by atoms with E-state index in [1.54, 1.807) is 13.2 Å². The molecule has 21 heavy (non-hydrogen) atoms. The Bertz CT molecular complexity index is 549. The van der Waals surface area contributed by atoms with Gasteiger partial charge in [-0.3, -0.25) is 14.9 Å². The summed E-state index contributed by atoms with van der Waals surface area (Å²) in [5.74, 6) is -1.52. The molecule has 0 bridgehead atoms. The van der Waals surface area contributed by atoms with Gasteiger partial charge in [-0.1, -0.05) is 0 Å². The minimum absolute atomic E-state index is 0.0329. The molecule has 0 saturated heterocycles. The Morgan fingerprint density at radius 2 is 2.19 bits per heavy atom. The van der Waals surface area contributed by atoms with Crippen LogP contribution in [0.4, 0.5) is 10.1 Å². The molecule has 0 aromatic heterocycles. The van der Waals surface area contributed by atoms with Gasteiger partial charge in [-0.05, 0) is 25.7 Å². The van der Waals surface area contributed by atoms with Crippen LogP contribution >= 0.6 is 11.8 Å². The van der Waals surface area contributed by atoms with Gasteiger partial charge in [-0.2, -0.15) is 11.8 Å². The summed E-state index contributed by atoms with van der Waals surface area (Å²) in [5, 5.41) is 22.2. The number of hydrogen-bond acceptors (Lipinski definition) is 5. The minimum atomic E-state index is -0.782. The van der Waals surface area contributed by atoms with Crippen LogP contribution in [-0.4, -0.2) is 40.1 Å². The molecule has 2 unspecified atom stereocenters. The molecule has 0 saturated carbocycles. The van der Waals surface area contributed by atoms with Gasteiger partial charge in [0.2, 0.25) is 0 Å². The van der Waals surface area contributed by atoms with Crippen LogP contribution in [-0.2, 0) is 0 Å². The predicted molar refractivity (Wildman–Crippen MR) is 79.1 cm³/mol. The lowest BCUT2D eigenvalue weighted by molar-refractivity contribution is -0.385. The fourth-order valence-electron chi connectivity index (χ4n) is 1.84. The Labute approximate surface area is 125 Å². The zero-order valence-electron chi connectivity index (χ0n) is 11.9. The maximum absolute atomic E-state index is 14.0. The number of nitrogens with one attached hydrogen (secondary N) is 1. The first kappa shape index (κ1) is 17.4. The zero-order valence-corrected chi connectivity index (χ0v) is 12.7. The Morgan fingerprint density at radius 3 is 2.67 bits per heavy atom. The number of benzene rings is 1. The fourth-order valence-corrected chi connectivity index (χ4v) is 2.46. The highest BCUT2D eigenvalue weighted by atomic mass is 32.2. The van der Waals surface area contributed by atoms with Crippen molar-refractivity contribution in [1.82, 2.24) is 5.32 Å². The van der Waals surface area contributed by atoms with Crippen LogP contribution in [0, 0.1) is 22.9 Å². The van der Waals surface area contributed by atoms with Crippen molar-refractivity contribution in [2.75, 3.05) is 12.9 Å². The molecule has 1 rings (SSSR count). The van der Waals surface area contributed by atoms with E-state index in [1.807, 2.05) is 0 Å². The third kappa shape index (κ3) is 4.15. The molecule has 8 heteroatoms. The summed E-state index contributed by atoms with van der Waals surface area (Å²) < 4.78 is 14.0. The van der Waals surface area contributed by atoms with Crippen LogP contribution in [0.15, 0.2) is 12.1 Å². The van der Waals surface area contributed by atoms with Crippen molar-refractivity contribution < 1.29 is 19.2 Å². The second-order valence-electron chi connectivity index (χ2n) is 4.60. The highest BCUT2D eigenvalue weighted by Gasteiger charge is 2.23. The molecule has 6 nitrogen and oxygen atoms in total. The van der Waals surface area contributed by atoms with E-state index < -0.39 is 22.7 Å². The molecule has 0 aliphatic heterocycles. The lowest BCUT2D eigenvalue weighted by Crippen LogP contribution is -2.41. The SMILES string of the molecule is CSC(CO)C(C)NC(=O)c1cc([N+](=O)[O-])cc(C)c1F. The van der Waals surface area contributed by atoms with Crippen molar-refractivity contribution in [3.05, 3.63) is 39.2 Å². The summed E-state index contributed by atoms with van der Waals surface area (Å²) in [5.41, 5.74) is -0.674. The van der Waals surface area contributed by atoms with Crippen LogP contribution < -0.4 is 5.32 Å².